The minimum absolute atomic E-state index is 0.131. The molecule has 3 N–H and O–H groups in total. The van der Waals surface area contributed by atoms with Crippen LogP contribution in [-0.2, 0) is 18.0 Å². The summed E-state index contributed by atoms with van der Waals surface area (Å²) in [7, 11) is 0. The summed E-state index contributed by atoms with van der Waals surface area (Å²) in [5.74, 6) is 4.11. The topological polar surface area (TPSA) is 72.9 Å². The van der Waals surface area contributed by atoms with Crippen LogP contribution in [0, 0.1) is 5.82 Å². The Labute approximate surface area is 153 Å². The molecule has 0 radical (unpaired) electrons. The number of carbonyl (C=O) groups excluding carboxylic acids is 1. The van der Waals surface area contributed by atoms with E-state index in [-0.39, 0.29) is 6.54 Å². The zero-order valence-corrected chi connectivity index (χ0v) is 14.3. The Bertz CT molecular complexity index is 1000. The molecule has 26 heavy (non-hydrogen) atoms. The van der Waals surface area contributed by atoms with Gasteiger partial charge in [0.2, 0.25) is 0 Å². The highest BCUT2D eigenvalue weighted by molar-refractivity contribution is 6.30. The molecule has 1 amide bonds. The van der Waals surface area contributed by atoms with Crippen molar-refractivity contribution in [3.63, 3.8) is 0 Å². The minimum atomic E-state index is -0.628. The molecule has 2 aromatic carbocycles. The van der Waals surface area contributed by atoms with Gasteiger partial charge in [-0.15, -0.1) is 0 Å². The third-order valence-corrected chi connectivity index (χ3v) is 4.10. The van der Waals surface area contributed by atoms with Crippen LogP contribution < -0.4 is 11.3 Å². The second-order valence-electron chi connectivity index (χ2n) is 5.61. The number of hydrazine groups is 1. The van der Waals surface area contributed by atoms with Crippen molar-refractivity contribution in [2.45, 2.75) is 13.2 Å². The first-order valence-corrected chi connectivity index (χ1v) is 8.07. The van der Waals surface area contributed by atoms with E-state index in [1.165, 1.54) is 18.2 Å². The Morgan fingerprint density at radius 3 is 2.81 bits per heavy atom. The van der Waals surface area contributed by atoms with Gasteiger partial charge in [-0.05, 0) is 29.8 Å². The Balaban J connectivity index is 2.08. The highest BCUT2D eigenvalue weighted by Crippen LogP contribution is 2.24. The van der Waals surface area contributed by atoms with Gasteiger partial charge in [0.05, 0.1) is 17.8 Å². The van der Waals surface area contributed by atoms with E-state index in [2.05, 4.69) is 5.10 Å². The van der Waals surface area contributed by atoms with E-state index in [1.54, 1.807) is 35.0 Å². The molecule has 3 aromatic rings. The van der Waals surface area contributed by atoms with Crippen molar-refractivity contribution < 1.29 is 13.6 Å². The van der Waals surface area contributed by atoms with Crippen molar-refractivity contribution in [3.8, 4) is 0 Å². The van der Waals surface area contributed by atoms with Crippen LogP contribution in [0.4, 0.5) is 8.78 Å². The summed E-state index contributed by atoms with van der Waals surface area (Å²) in [6.45, 7) is -0.497. The Morgan fingerprint density at radius 1 is 1.31 bits per heavy atom. The largest absolute Gasteiger partial charge is 0.291 e. The third kappa shape index (κ3) is 3.74. The van der Waals surface area contributed by atoms with Gasteiger partial charge >= 0.3 is 0 Å². The molecule has 0 atom stereocenters. The number of aromatic nitrogens is 2. The number of rotatable bonds is 5. The average Bonchev–Trinajstić information content (AvgIpc) is 2.98. The van der Waals surface area contributed by atoms with Gasteiger partial charge in [-0.1, -0.05) is 29.8 Å². The summed E-state index contributed by atoms with van der Waals surface area (Å²) in [4.78, 5) is 11.3. The van der Waals surface area contributed by atoms with Crippen molar-refractivity contribution in [3.05, 3.63) is 70.1 Å². The fourth-order valence-electron chi connectivity index (χ4n) is 2.59. The fraction of sp³-hybridized carbons (Fsp3) is 0.111. The number of benzene rings is 2. The average molecular weight is 377 g/mol. The molecule has 0 aliphatic rings. The monoisotopic (exact) mass is 376 g/mol. The number of alkyl halides is 1. The maximum absolute atomic E-state index is 14.1. The Hall–Kier alpha value is -2.77. The summed E-state index contributed by atoms with van der Waals surface area (Å²) in [6, 6.07) is 9.38. The molecule has 0 unspecified atom stereocenters. The lowest BCUT2D eigenvalue weighted by Crippen LogP contribution is -2.27. The molecule has 0 bridgehead atoms. The lowest BCUT2D eigenvalue weighted by molar-refractivity contribution is -0.116. The van der Waals surface area contributed by atoms with E-state index in [0.29, 0.717) is 32.7 Å². The quantitative estimate of drug-likeness (QED) is 0.310. The summed E-state index contributed by atoms with van der Waals surface area (Å²) in [5, 5.41) is 5.42. The smallest absolute Gasteiger partial charge is 0.257 e. The van der Waals surface area contributed by atoms with Crippen LogP contribution in [0.1, 0.15) is 16.8 Å². The number of hydrogen-bond donors (Lipinski definition) is 2. The molecular formula is C18H15ClF2N4O. The number of fused-ring (bicyclic) bond motifs is 1. The normalized spacial score (nSPS) is 11.4. The molecule has 3 rings (SSSR count). The highest BCUT2D eigenvalue weighted by atomic mass is 35.5. The lowest BCUT2D eigenvalue weighted by atomic mass is 10.1. The second-order valence-corrected chi connectivity index (χ2v) is 6.04. The number of halogens is 3. The molecule has 0 saturated heterocycles. The number of nitrogens with one attached hydrogen (secondary N) is 1. The molecule has 0 spiro atoms. The predicted octanol–water partition coefficient (Wildman–Crippen LogP) is 3.35. The molecule has 5 nitrogen and oxygen atoms in total. The summed E-state index contributed by atoms with van der Waals surface area (Å²) in [6.07, 6.45) is 2.73. The first kappa shape index (κ1) is 18.0. The zero-order valence-electron chi connectivity index (χ0n) is 13.5. The molecule has 0 fully saturated rings. The highest BCUT2D eigenvalue weighted by Gasteiger charge is 2.12. The molecule has 0 saturated carbocycles. The van der Waals surface area contributed by atoms with E-state index in [1.807, 2.05) is 5.43 Å². The van der Waals surface area contributed by atoms with Crippen molar-refractivity contribution >= 4 is 34.5 Å². The van der Waals surface area contributed by atoms with E-state index in [0.717, 1.165) is 0 Å². The van der Waals surface area contributed by atoms with Gasteiger partial charge in [0.25, 0.3) is 5.91 Å². The number of hydrogen-bond acceptors (Lipinski definition) is 3. The van der Waals surface area contributed by atoms with Crippen LogP contribution in [0.3, 0.4) is 0 Å². The van der Waals surface area contributed by atoms with Crippen LogP contribution in [0.25, 0.3) is 17.0 Å². The van der Waals surface area contributed by atoms with Gasteiger partial charge < -0.3 is 0 Å². The van der Waals surface area contributed by atoms with E-state index < -0.39 is 18.4 Å². The number of nitrogens with two attached hydrogens (primary N) is 1. The van der Waals surface area contributed by atoms with Crippen LogP contribution in [0.5, 0.6) is 0 Å². The van der Waals surface area contributed by atoms with Crippen LogP contribution in [-0.4, -0.2) is 15.7 Å². The maximum atomic E-state index is 14.1. The van der Waals surface area contributed by atoms with Crippen molar-refractivity contribution in [2.24, 2.45) is 5.84 Å². The van der Waals surface area contributed by atoms with E-state index in [4.69, 9.17) is 17.4 Å². The Morgan fingerprint density at radius 2 is 2.12 bits per heavy atom. The predicted molar refractivity (Wildman–Crippen MR) is 96.4 cm³/mol. The molecule has 0 aliphatic heterocycles. The van der Waals surface area contributed by atoms with Gasteiger partial charge in [0.15, 0.2) is 0 Å². The number of amides is 1. The molecule has 0 aliphatic carbocycles. The first-order valence-electron chi connectivity index (χ1n) is 7.70. The fourth-order valence-corrected chi connectivity index (χ4v) is 2.74. The van der Waals surface area contributed by atoms with Crippen molar-refractivity contribution in [2.75, 3.05) is 0 Å². The van der Waals surface area contributed by atoms with Gasteiger partial charge in [-0.3, -0.25) is 14.9 Å². The molecule has 1 heterocycles. The second kappa shape index (κ2) is 7.63. The standard InChI is InChI=1S/C18H15ClF2N4O/c19-13-3-2-12(15(21)8-13)10-25-17-7-11(9-20)1-4-14(17)16(24-25)5-6-18(26)23-22/h1-8H,9-10,22H2,(H,23,26)/b6-5+. The van der Waals surface area contributed by atoms with Crippen LogP contribution in [0.15, 0.2) is 42.5 Å². The van der Waals surface area contributed by atoms with Gasteiger partial charge in [0, 0.05) is 22.0 Å². The third-order valence-electron chi connectivity index (χ3n) is 3.87. The lowest BCUT2D eigenvalue weighted by Gasteiger charge is -2.06. The van der Waals surface area contributed by atoms with E-state index >= 15 is 0 Å². The minimum Gasteiger partial charge on any atom is -0.291 e. The number of nitrogens with zero attached hydrogens (tertiary/aromatic N) is 2. The zero-order chi connectivity index (χ0) is 18.7. The van der Waals surface area contributed by atoms with Gasteiger partial charge in [-0.25, -0.2) is 14.6 Å². The van der Waals surface area contributed by atoms with Crippen molar-refractivity contribution in [1.82, 2.24) is 15.2 Å². The maximum Gasteiger partial charge on any atom is 0.257 e. The molecule has 134 valence electrons. The first-order chi connectivity index (χ1) is 12.5. The van der Waals surface area contributed by atoms with E-state index in [9.17, 15) is 13.6 Å². The van der Waals surface area contributed by atoms with Gasteiger partial charge in [-0.2, -0.15) is 5.10 Å². The Kier molecular flexibility index (Phi) is 5.29. The molecule has 8 heteroatoms. The van der Waals surface area contributed by atoms with Crippen molar-refractivity contribution in [1.29, 1.82) is 0 Å². The number of carbonyl (C=O) groups is 1. The van der Waals surface area contributed by atoms with Crippen LogP contribution in [0.2, 0.25) is 5.02 Å². The molecular weight excluding hydrogens is 362 g/mol. The SMILES string of the molecule is NNC(=O)/C=C/c1nn(Cc2ccc(Cl)cc2F)c2cc(CF)ccc12. The summed E-state index contributed by atoms with van der Waals surface area (Å²) in [5.41, 5.74) is 3.97. The van der Waals surface area contributed by atoms with Crippen LogP contribution >= 0.6 is 11.6 Å². The summed E-state index contributed by atoms with van der Waals surface area (Å²) >= 11 is 5.78. The molecule has 1 aromatic heterocycles. The van der Waals surface area contributed by atoms with Gasteiger partial charge in [0.1, 0.15) is 12.5 Å². The summed E-state index contributed by atoms with van der Waals surface area (Å²) < 4.78 is 28.7.